The third-order valence-electron chi connectivity index (χ3n) is 6.58. The van der Waals surface area contributed by atoms with Gasteiger partial charge in [-0.05, 0) is 50.2 Å². The van der Waals surface area contributed by atoms with Crippen LogP contribution >= 0.6 is 0 Å². The van der Waals surface area contributed by atoms with Gasteiger partial charge < -0.3 is 10.2 Å². The molecule has 0 spiro atoms. The van der Waals surface area contributed by atoms with Crippen LogP contribution in [0.5, 0.6) is 0 Å². The quantitative estimate of drug-likeness (QED) is 0.783. The van der Waals surface area contributed by atoms with Crippen molar-refractivity contribution in [3.05, 3.63) is 41.6 Å². The molecule has 1 saturated heterocycles. The van der Waals surface area contributed by atoms with E-state index in [0.29, 0.717) is 31.1 Å². The summed E-state index contributed by atoms with van der Waals surface area (Å²) < 4.78 is 0. The van der Waals surface area contributed by atoms with Gasteiger partial charge in [0, 0.05) is 31.1 Å². The summed E-state index contributed by atoms with van der Waals surface area (Å²) in [6, 6.07) is 10.0. The summed E-state index contributed by atoms with van der Waals surface area (Å²) in [5.74, 6) is 0.723. The van der Waals surface area contributed by atoms with E-state index < -0.39 is 0 Å². The van der Waals surface area contributed by atoms with Gasteiger partial charge in [-0.3, -0.25) is 14.7 Å². The Kier molecular flexibility index (Phi) is 6.50. The third-order valence-corrected chi connectivity index (χ3v) is 6.58. The monoisotopic (exact) mass is 408 g/mol. The standard InChI is InChI=1S/C24H32N4O2/c1-17-7-5-6-10-20(17)21-16-22(27-26-21)24(30)28-13-11-19(12-14-28)25-23(29)15-18-8-3-2-4-9-18/h5-7,10,16,18-19H,2-4,8-9,11-15H2,1H3,(H,25,29)(H,26,27). The molecule has 1 aliphatic heterocycles. The molecule has 2 amide bonds. The van der Waals surface area contributed by atoms with Gasteiger partial charge in [-0.25, -0.2) is 0 Å². The van der Waals surface area contributed by atoms with Gasteiger partial charge in [-0.15, -0.1) is 0 Å². The zero-order chi connectivity index (χ0) is 20.9. The van der Waals surface area contributed by atoms with Crippen molar-refractivity contribution in [3.63, 3.8) is 0 Å². The molecule has 0 radical (unpaired) electrons. The highest BCUT2D eigenvalue weighted by Crippen LogP contribution is 2.26. The molecule has 0 bridgehead atoms. The first-order valence-corrected chi connectivity index (χ1v) is 11.3. The Bertz CT molecular complexity index is 877. The Morgan fingerprint density at radius 2 is 1.83 bits per heavy atom. The fourth-order valence-electron chi connectivity index (χ4n) is 4.77. The molecule has 0 atom stereocenters. The minimum absolute atomic E-state index is 0.0192. The van der Waals surface area contributed by atoms with E-state index in [-0.39, 0.29) is 17.9 Å². The van der Waals surface area contributed by atoms with Gasteiger partial charge in [0.2, 0.25) is 5.91 Å². The van der Waals surface area contributed by atoms with E-state index in [2.05, 4.69) is 15.5 Å². The van der Waals surface area contributed by atoms with E-state index in [4.69, 9.17) is 0 Å². The smallest absolute Gasteiger partial charge is 0.271 e. The van der Waals surface area contributed by atoms with Crippen molar-refractivity contribution >= 4 is 11.8 Å². The number of aromatic nitrogens is 2. The Labute approximate surface area is 178 Å². The van der Waals surface area contributed by atoms with Crippen LogP contribution in [0.1, 0.15) is 67.4 Å². The van der Waals surface area contributed by atoms with Crippen LogP contribution in [-0.2, 0) is 4.79 Å². The summed E-state index contributed by atoms with van der Waals surface area (Å²) >= 11 is 0. The molecule has 160 valence electrons. The van der Waals surface area contributed by atoms with Crippen LogP contribution in [-0.4, -0.2) is 46.0 Å². The van der Waals surface area contributed by atoms with Crippen molar-refractivity contribution in [2.75, 3.05) is 13.1 Å². The van der Waals surface area contributed by atoms with E-state index in [1.165, 1.54) is 32.1 Å². The van der Waals surface area contributed by atoms with Gasteiger partial charge in [0.15, 0.2) is 0 Å². The molecule has 2 fully saturated rings. The molecule has 30 heavy (non-hydrogen) atoms. The molecule has 2 N–H and O–H groups in total. The van der Waals surface area contributed by atoms with Crippen molar-refractivity contribution < 1.29 is 9.59 Å². The Hall–Kier alpha value is -2.63. The minimum Gasteiger partial charge on any atom is -0.353 e. The average Bonchev–Trinajstić information content (AvgIpc) is 3.25. The Balaban J connectivity index is 1.27. The van der Waals surface area contributed by atoms with Crippen molar-refractivity contribution in [2.24, 2.45) is 5.92 Å². The second-order valence-electron chi connectivity index (χ2n) is 8.82. The zero-order valence-corrected chi connectivity index (χ0v) is 17.8. The van der Waals surface area contributed by atoms with Gasteiger partial charge >= 0.3 is 0 Å². The molecular formula is C24H32N4O2. The van der Waals surface area contributed by atoms with Gasteiger partial charge in [0.1, 0.15) is 5.69 Å². The molecule has 6 heteroatoms. The number of hydrogen-bond donors (Lipinski definition) is 2. The topological polar surface area (TPSA) is 78.1 Å². The van der Waals surface area contributed by atoms with E-state index in [9.17, 15) is 9.59 Å². The SMILES string of the molecule is Cc1ccccc1-c1cc(C(=O)N2CCC(NC(=O)CC3CCCCC3)CC2)[nH]n1. The molecule has 1 aliphatic carbocycles. The molecule has 2 aliphatic rings. The number of rotatable bonds is 5. The molecule has 2 aromatic rings. The van der Waals surface area contributed by atoms with E-state index in [1.807, 2.05) is 42.2 Å². The number of piperidine rings is 1. The highest BCUT2D eigenvalue weighted by molar-refractivity contribution is 5.93. The number of benzene rings is 1. The lowest BCUT2D eigenvalue weighted by molar-refractivity contribution is -0.123. The molecule has 6 nitrogen and oxygen atoms in total. The highest BCUT2D eigenvalue weighted by Gasteiger charge is 2.26. The average molecular weight is 409 g/mol. The van der Waals surface area contributed by atoms with Crippen LogP contribution in [0.2, 0.25) is 0 Å². The summed E-state index contributed by atoms with van der Waals surface area (Å²) in [5.41, 5.74) is 3.48. The van der Waals surface area contributed by atoms with Crippen LogP contribution in [0.4, 0.5) is 0 Å². The fourth-order valence-corrected chi connectivity index (χ4v) is 4.77. The van der Waals surface area contributed by atoms with E-state index in [0.717, 1.165) is 29.7 Å². The van der Waals surface area contributed by atoms with Crippen molar-refractivity contribution in [3.8, 4) is 11.3 Å². The van der Waals surface area contributed by atoms with Crippen LogP contribution in [0, 0.1) is 12.8 Å². The van der Waals surface area contributed by atoms with Crippen LogP contribution in [0.25, 0.3) is 11.3 Å². The molecule has 4 rings (SSSR count). The van der Waals surface area contributed by atoms with Gasteiger partial charge in [0.05, 0.1) is 5.69 Å². The normalized spacial score (nSPS) is 18.4. The number of carbonyl (C=O) groups excluding carboxylic acids is 2. The zero-order valence-electron chi connectivity index (χ0n) is 17.8. The molecular weight excluding hydrogens is 376 g/mol. The second kappa shape index (κ2) is 9.45. The number of carbonyl (C=O) groups is 2. The maximum atomic E-state index is 12.9. The highest BCUT2D eigenvalue weighted by atomic mass is 16.2. The number of aryl methyl sites for hydroxylation is 1. The second-order valence-corrected chi connectivity index (χ2v) is 8.82. The first kappa shape index (κ1) is 20.6. The minimum atomic E-state index is -0.0192. The van der Waals surface area contributed by atoms with Gasteiger partial charge in [-0.2, -0.15) is 5.10 Å². The summed E-state index contributed by atoms with van der Waals surface area (Å²) in [7, 11) is 0. The molecule has 1 saturated carbocycles. The largest absolute Gasteiger partial charge is 0.353 e. The van der Waals surface area contributed by atoms with Gasteiger partial charge in [-0.1, -0.05) is 43.5 Å². The predicted molar refractivity (Wildman–Crippen MR) is 117 cm³/mol. The Morgan fingerprint density at radius 3 is 2.57 bits per heavy atom. The maximum absolute atomic E-state index is 12.9. The van der Waals surface area contributed by atoms with E-state index in [1.54, 1.807) is 0 Å². The predicted octanol–water partition coefficient (Wildman–Crippen LogP) is 4.08. The van der Waals surface area contributed by atoms with E-state index >= 15 is 0 Å². The third kappa shape index (κ3) is 4.91. The maximum Gasteiger partial charge on any atom is 0.271 e. The lowest BCUT2D eigenvalue weighted by atomic mass is 9.86. The number of hydrogen-bond acceptors (Lipinski definition) is 3. The lowest BCUT2D eigenvalue weighted by Crippen LogP contribution is -2.46. The van der Waals surface area contributed by atoms with Crippen LogP contribution in [0.15, 0.2) is 30.3 Å². The van der Waals surface area contributed by atoms with Crippen molar-refractivity contribution in [2.45, 2.75) is 64.3 Å². The number of nitrogens with one attached hydrogen (secondary N) is 2. The fraction of sp³-hybridized carbons (Fsp3) is 0.542. The van der Waals surface area contributed by atoms with Crippen LogP contribution in [0.3, 0.4) is 0 Å². The number of nitrogens with zero attached hydrogens (tertiary/aromatic N) is 2. The summed E-state index contributed by atoms with van der Waals surface area (Å²) in [4.78, 5) is 27.1. The lowest BCUT2D eigenvalue weighted by Gasteiger charge is -2.32. The van der Waals surface area contributed by atoms with Gasteiger partial charge in [0.25, 0.3) is 5.91 Å². The van der Waals surface area contributed by atoms with Crippen molar-refractivity contribution in [1.29, 1.82) is 0 Å². The number of H-pyrrole nitrogens is 1. The molecule has 1 aromatic carbocycles. The number of aromatic amines is 1. The van der Waals surface area contributed by atoms with Crippen molar-refractivity contribution in [1.82, 2.24) is 20.4 Å². The summed E-state index contributed by atoms with van der Waals surface area (Å²) in [5, 5.41) is 10.5. The Morgan fingerprint density at radius 1 is 1.10 bits per heavy atom. The van der Waals surface area contributed by atoms with Crippen LogP contribution < -0.4 is 5.32 Å². The number of amides is 2. The first-order valence-electron chi connectivity index (χ1n) is 11.3. The molecule has 0 unspecified atom stereocenters. The summed E-state index contributed by atoms with van der Waals surface area (Å²) in [6.07, 6.45) is 8.49. The molecule has 1 aromatic heterocycles. The first-order chi connectivity index (χ1) is 14.6. The molecule has 2 heterocycles. The number of likely N-dealkylation sites (tertiary alicyclic amines) is 1. The summed E-state index contributed by atoms with van der Waals surface area (Å²) in [6.45, 7) is 3.36.